The van der Waals surface area contributed by atoms with Gasteiger partial charge in [0.15, 0.2) is 6.29 Å². The van der Waals surface area contributed by atoms with Gasteiger partial charge in [0.2, 0.25) is 17.0 Å². The maximum atomic E-state index is 12.3. The summed E-state index contributed by atoms with van der Waals surface area (Å²) in [5, 5.41) is 43.1. The second kappa shape index (κ2) is 14.9. The number of anilines is 1. The SMILES string of the molecule is O=C(CCCC(=O)Nc1ccc([C@@H]2O[C@H](CSc3nnnn3-c3ccc(O)cc3)C[C@H](c3ccc(CO)cc3)O2)cc1)NO. The van der Waals surface area contributed by atoms with Crippen molar-refractivity contribution in [2.45, 2.75) is 55.9 Å². The van der Waals surface area contributed by atoms with Gasteiger partial charge in [0.25, 0.3) is 0 Å². The van der Waals surface area contributed by atoms with E-state index in [-0.39, 0.29) is 43.3 Å². The topological polar surface area (TPSA) is 181 Å². The second-order valence-electron chi connectivity index (χ2n) is 10.1. The Bertz CT molecular complexity index is 1530. The first-order chi connectivity index (χ1) is 21.4. The lowest BCUT2D eigenvalue weighted by atomic mass is 10.0. The lowest BCUT2D eigenvalue weighted by molar-refractivity contribution is -0.245. The molecule has 0 aliphatic carbocycles. The fourth-order valence-electron chi connectivity index (χ4n) is 4.63. The quantitative estimate of drug-likeness (QED) is 0.0883. The van der Waals surface area contributed by atoms with Crippen LogP contribution in [0.25, 0.3) is 5.69 Å². The largest absolute Gasteiger partial charge is 0.508 e. The van der Waals surface area contributed by atoms with E-state index in [1.54, 1.807) is 46.6 Å². The fraction of sp³-hybridized carbons (Fsp3) is 0.300. The molecular formula is C30H32N6O7S. The zero-order chi connectivity index (χ0) is 30.9. The number of carbonyl (C=O) groups excluding carboxylic acids is 2. The number of phenolic OH excluding ortho intramolecular Hbond substituents is 1. The molecule has 0 bridgehead atoms. The molecule has 0 saturated carbocycles. The van der Waals surface area contributed by atoms with Crippen LogP contribution in [0.15, 0.2) is 78.0 Å². The number of hydroxylamine groups is 1. The predicted octanol–water partition coefficient (Wildman–Crippen LogP) is 3.81. The van der Waals surface area contributed by atoms with Gasteiger partial charge in [0, 0.05) is 36.3 Å². The van der Waals surface area contributed by atoms with Crippen LogP contribution in [0.1, 0.15) is 54.8 Å². The van der Waals surface area contributed by atoms with Crippen LogP contribution in [0.2, 0.25) is 0 Å². The van der Waals surface area contributed by atoms with Gasteiger partial charge in [-0.05, 0) is 64.4 Å². The number of thioether (sulfide) groups is 1. The summed E-state index contributed by atoms with van der Waals surface area (Å²) in [5.74, 6) is -0.0982. The average Bonchev–Trinajstić information content (AvgIpc) is 3.53. The summed E-state index contributed by atoms with van der Waals surface area (Å²) in [6.45, 7) is -0.0482. The molecule has 3 atom stereocenters. The lowest BCUT2D eigenvalue weighted by Gasteiger charge is -2.36. The fourth-order valence-corrected chi connectivity index (χ4v) is 5.54. The minimum Gasteiger partial charge on any atom is -0.508 e. The summed E-state index contributed by atoms with van der Waals surface area (Å²) in [7, 11) is 0. The molecule has 1 aliphatic heterocycles. The van der Waals surface area contributed by atoms with Gasteiger partial charge in [-0.15, -0.1) is 5.10 Å². The molecule has 3 aromatic carbocycles. The Morgan fingerprint density at radius 3 is 2.34 bits per heavy atom. The first-order valence-electron chi connectivity index (χ1n) is 14.0. The second-order valence-corrected chi connectivity index (χ2v) is 11.1. The summed E-state index contributed by atoms with van der Waals surface area (Å²) in [6, 6.07) is 21.4. The number of nitrogens with one attached hydrogen (secondary N) is 2. The molecule has 13 nitrogen and oxygen atoms in total. The molecule has 14 heteroatoms. The molecule has 5 rings (SSSR count). The van der Waals surface area contributed by atoms with Crippen molar-refractivity contribution in [3.05, 3.63) is 89.5 Å². The Morgan fingerprint density at radius 1 is 0.932 bits per heavy atom. The number of carbonyl (C=O) groups is 2. The molecule has 44 heavy (non-hydrogen) atoms. The third-order valence-corrected chi connectivity index (χ3v) is 8.00. The molecule has 230 valence electrons. The number of benzene rings is 3. The summed E-state index contributed by atoms with van der Waals surface area (Å²) in [4.78, 5) is 23.4. The number of nitrogens with zero attached hydrogens (tertiary/aromatic N) is 4. The Hall–Kier alpha value is -4.34. The minimum atomic E-state index is -0.688. The van der Waals surface area contributed by atoms with Gasteiger partial charge in [-0.25, -0.2) is 5.48 Å². The molecule has 1 aromatic heterocycles. The molecule has 1 aliphatic rings. The maximum Gasteiger partial charge on any atom is 0.243 e. The molecule has 2 amide bonds. The number of phenols is 1. The van der Waals surface area contributed by atoms with E-state index in [1.165, 1.54) is 11.8 Å². The Balaban J connectivity index is 1.27. The normalized spacial score (nSPS) is 18.1. The van der Waals surface area contributed by atoms with E-state index < -0.39 is 12.2 Å². The van der Waals surface area contributed by atoms with E-state index >= 15 is 0 Å². The number of aliphatic hydroxyl groups excluding tert-OH is 1. The van der Waals surface area contributed by atoms with E-state index in [0.29, 0.717) is 35.1 Å². The van der Waals surface area contributed by atoms with Crippen LogP contribution in [0, 0.1) is 0 Å². The molecule has 1 fully saturated rings. The van der Waals surface area contributed by atoms with E-state index in [9.17, 15) is 19.8 Å². The van der Waals surface area contributed by atoms with E-state index in [4.69, 9.17) is 14.7 Å². The van der Waals surface area contributed by atoms with Gasteiger partial charge < -0.3 is 25.0 Å². The van der Waals surface area contributed by atoms with Crippen LogP contribution < -0.4 is 10.8 Å². The Labute approximate surface area is 257 Å². The summed E-state index contributed by atoms with van der Waals surface area (Å²) in [5.41, 5.74) is 5.38. The van der Waals surface area contributed by atoms with Crippen LogP contribution in [0.3, 0.4) is 0 Å². The molecular weight excluding hydrogens is 588 g/mol. The van der Waals surface area contributed by atoms with E-state index in [2.05, 4.69) is 20.8 Å². The van der Waals surface area contributed by atoms with Crippen molar-refractivity contribution < 1.29 is 34.5 Å². The summed E-state index contributed by atoms with van der Waals surface area (Å²) >= 11 is 1.44. The van der Waals surface area contributed by atoms with Crippen LogP contribution in [-0.4, -0.2) is 59.3 Å². The van der Waals surface area contributed by atoms with Crippen molar-refractivity contribution in [1.29, 1.82) is 0 Å². The summed E-state index contributed by atoms with van der Waals surface area (Å²) < 4.78 is 14.4. The Kier molecular flexibility index (Phi) is 10.5. The molecule has 2 heterocycles. The number of hydrogen-bond donors (Lipinski definition) is 5. The average molecular weight is 621 g/mol. The maximum absolute atomic E-state index is 12.3. The number of hydrogen-bond acceptors (Lipinski definition) is 11. The van der Waals surface area contributed by atoms with Crippen LogP contribution in [-0.2, 0) is 25.7 Å². The van der Waals surface area contributed by atoms with Gasteiger partial charge in [-0.3, -0.25) is 14.8 Å². The standard InChI is InChI=1S/C30H32N6O7S/c37-17-19-4-6-20(7-5-19)26-16-25(18-44-30-32-34-35-36(30)23-12-14-24(38)15-13-23)42-29(43-26)21-8-10-22(11-9-21)31-27(39)2-1-3-28(40)33-41/h4-15,25-26,29,37-38,41H,1-3,16-18H2,(H,31,39)(H,33,40)/t25-,26+,29+/m0/s1. The Morgan fingerprint density at radius 2 is 1.64 bits per heavy atom. The number of aromatic nitrogens is 4. The van der Waals surface area contributed by atoms with Crippen LogP contribution in [0.5, 0.6) is 5.75 Å². The van der Waals surface area contributed by atoms with Gasteiger partial charge in [-0.2, -0.15) is 4.68 Å². The van der Waals surface area contributed by atoms with Gasteiger partial charge in [-0.1, -0.05) is 48.2 Å². The highest BCUT2D eigenvalue weighted by atomic mass is 32.2. The third kappa shape index (κ3) is 8.18. The summed E-state index contributed by atoms with van der Waals surface area (Å²) in [6.07, 6.45) is -0.138. The van der Waals surface area contributed by atoms with Gasteiger partial charge in [0.1, 0.15) is 5.75 Å². The number of ether oxygens (including phenoxy) is 2. The monoisotopic (exact) mass is 620 g/mol. The van der Waals surface area contributed by atoms with Crippen molar-refractivity contribution in [2.75, 3.05) is 11.1 Å². The number of rotatable bonds is 12. The first-order valence-corrected chi connectivity index (χ1v) is 14.9. The minimum absolute atomic E-state index is 0.0482. The van der Waals surface area contributed by atoms with Gasteiger partial charge >= 0.3 is 0 Å². The number of amides is 2. The van der Waals surface area contributed by atoms with Gasteiger partial charge in [0.05, 0.1) is 24.5 Å². The van der Waals surface area contributed by atoms with E-state index in [1.807, 2.05) is 36.4 Å². The molecule has 5 N–H and O–H groups in total. The molecule has 4 aromatic rings. The highest BCUT2D eigenvalue weighted by Gasteiger charge is 2.32. The first kappa shape index (κ1) is 31.1. The van der Waals surface area contributed by atoms with Crippen molar-refractivity contribution in [1.82, 2.24) is 25.7 Å². The zero-order valence-corrected chi connectivity index (χ0v) is 24.4. The molecule has 0 radical (unpaired) electrons. The lowest BCUT2D eigenvalue weighted by Crippen LogP contribution is -2.31. The van der Waals surface area contributed by atoms with Crippen molar-refractivity contribution >= 4 is 29.3 Å². The van der Waals surface area contributed by atoms with Crippen molar-refractivity contribution in [3.63, 3.8) is 0 Å². The number of tetrazole rings is 1. The number of aromatic hydroxyl groups is 1. The van der Waals surface area contributed by atoms with Crippen LogP contribution in [0.4, 0.5) is 5.69 Å². The molecule has 0 spiro atoms. The van der Waals surface area contributed by atoms with Crippen molar-refractivity contribution in [3.8, 4) is 11.4 Å². The van der Waals surface area contributed by atoms with E-state index in [0.717, 1.165) is 16.7 Å². The zero-order valence-electron chi connectivity index (χ0n) is 23.6. The molecule has 0 unspecified atom stereocenters. The third-order valence-electron chi connectivity index (χ3n) is 6.95. The predicted molar refractivity (Wildman–Crippen MR) is 159 cm³/mol. The highest BCUT2D eigenvalue weighted by Crippen LogP contribution is 2.39. The smallest absolute Gasteiger partial charge is 0.243 e. The van der Waals surface area contributed by atoms with Crippen LogP contribution >= 0.6 is 11.8 Å². The molecule has 1 saturated heterocycles. The van der Waals surface area contributed by atoms with Crippen molar-refractivity contribution in [2.24, 2.45) is 0 Å². The number of aliphatic hydroxyl groups is 1. The highest BCUT2D eigenvalue weighted by molar-refractivity contribution is 7.99.